The van der Waals surface area contributed by atoms with Crippen LogP contribution in [0.2, 0.25) is 0 Å². The number of anilines is 1. The Bertz CT molecular complexity index is 818. The molecule has 0 radical (unpaired) electrons. The van der Waals surface area contributed by atoms with Crippen LogP contribution in [0.1, 0.15) is 17.3 Å². The largest absolute Gasteiger partial charge is 0.507 e. The minimum atomic E-state index is -4.45. The Kier molecular flexibility index (Phi) is 6.57. The molecule has 0 aliphatic rings. The summed E-state index contributed by atoms with van der Waals surface area (Å²) in [6, 6.07) is 9.93. The molecule has 0 saturated carbocycles. The third kappa shape index (κ3) is 5.45. The number of nitrogens with two attached hydrogens (primary N) is 1. The number of hydrogen-bond donors (Lipinski definition) is 4. The van der Waals surface area contributed by atoms with Crippen molar-refractivity contribution in [2.75, 3.05) is 12.3 Å². The first-order valence-corrected chi connectivity index (χ1v) is 8.12. The van der Waals surface area contributed by atoms with Crippen LogP contribution in [0.15, 0.2) is 47.4 Å². The predicted molar refractivity (Wildman–Crippen MR) is 86.9 cm³/mol. The van der Waals surface area contributed by atoms with Gasteiger partial charge in [-0.15, -0.1) is 0 Å². The van der Waals surface area contributed by atoms with Crippen LogP contribution < -0.4 is 10.5 Å². The maximum absolute atomic E-state index is 10.6. The molecule has 0 spiro atoms. The molecule has 0 bridgehead atoms. The van der Waals surface area contributed by atoms with Gasteiger partial charge in [0.2, 0.25) is 0 Å². The van der Waals surface area contributed by atoms with E-state index >= 15 is 0 Å². The van der Waals surface area contributed by atoms with Gasteiger partial charge in [0.1, 0.15) is 17.1 Å². The van der Waals surface area contributed by atoms with E-state index in [9.17, 15) is 13.2 Å². The molecule has 0 amide bonds. The minimum absolute atomic E-state index is 0.565. The first-order valence-electron chi connectivity index (χ1n) is 6.68. The maximum atomic E-state index is 10.6. The summed E-state index contributed by atoms with van der Waals surface area (Å²) in [7, 11) is -4.45. The van der Waals surface area contributed by atoms with Gasteiger partial charge in [-0.1, -0.05) is 12.1 Å². The lowest BCUT2D eigenvalue weighted by molar-refractivity contribution is 0.0693. The Morgan fingerprint density at radius 2 is 1.83 bits per heavy atom. The lowest BCUT2D eigenvalue weighted by Gasteiger charge is -2.04. The third-order valence-electron chi connectivity index (χ3n) is 2.72. The molecule has 0 aromatic heterocycles. The predicted octanol–water partition coefficient (Wildman–Crippen LogP) is 2.00. The smallest absolute Gasteiger partial charge is 0.339 e. The number of carbonyl (C=O) groups is 1. The number of rotatable bonds is 4. The van der Waals surface area contributed by atoms with Crippen LogP contribution in [0, 0.1) is 0 Å². The average molecular weight is 355 g/mol. The molecule has 0 fully saturated rings. The molecule has 0 aliphatic carbocycles. The zero-order valence-corrected chi connectivity index (χ0v) is 13.5. The molecule has 130 valence electrons. The lowest BCUT2D eigenvalue weighted by atomic mass is 10.2. The molecular weight excluding hydrogens is 338 g/mol. The molecule has 0 unspecified atom stereocenters. The van der Waals surface area contributed by atoms with E-state index in [4.69, 9.17) is 25.2 Å². The number of para-hydroxylation sites is 2. The Morgan fingerprint density at radius 1 is 1.21 bits per heavy atom. The highest BCUT2D eigenvalue weighted by molar-refractivity contribution is 7.85. The average Bonchev–Trinajstić information content (AvgIpc) is 2.49. The zero-order valence-electron chi connectivity index (χ0n) is 12.7. The summed E-state index contributed by atoms with van der Waals surface area (Å²) in [5.41, 5.74) is 5.70. The van der Waals surface area contributed by atoms with Crippen LogP contribution in [0.4, 0.5) is 5.69 Å². The molecule has 0 atom stereocenters. The van der Waals surface area contributed by atoms with Gasteiger partial charge in [0.25, 0.3) is 10.1 Å². The molecule has 2 aromatic carbocycles. The molecule has 24 heavy (non-hydrogen) atoms. The van der Waals surface area contributed by atoms with Crippen molar-refractivity contribution in [2.45, 2.75) is 11.8 Å². The number of carboxylic acids is 1. The molecule has 0 heterocycles. The molecule has 0 aliphatic heterocycles. The van der Waals surface area contributed by atoms with Crippen LogP contribution in [0.5, 0.6) is 11.5 Å². The van der Waals surface area contributed by atoms with Crippen LogP contribution in [-0.2, 0) is 10.1 Å². The van der Waals surface area contributed by atoms with Crippen LogP contribution in [0.3, 0.4) is 0 Å². The number of carboxylic acid groups (broad SMARTS) is 1. The molecule has 2 rings (SSSR count). The second-order valence-electron chi connectivity index (χ2n) is 4.43. The van der Waals surface area contributed by atoms with Gasteiger partial charge < -0.3 is 20.7 Å². The van der Waals surface area contributed by atoms with Crippen molar-refractivity contribution in [3.05, 3.63) is 48.0 Å². The summed E-state index contributed by atoms with van der Waals surface area (Å²) in [6.07, 6.45) is 0. The topological polar surface area (TPSA) is 147 Å². The number of benzene rings is 2. The van der Waals surface area contributed by atoms with Gasteiger partial charge in [0.15, 0.2) is 0 Å². The highest BCUT2D eigenvalue weighted by Crippen LogP contribution is 2.21. The van der Waals surface area contributed by atoms with Crippen molar-refractivity contribution in [2.24, 2.45) is 0 Å². The van der Waals surface area contributed by atoms with E-state index < -0.39 is 32.3 Å². The summed E-state index contributed by atoms with van der Waals surface area (Å²) in [5.74, 6) is -1.28. The monoisotopic (exact) mass is 355 g/mol. The molecule has 0 saturated heterocycles. The van der Waals surface area contributed by atoms with E-state index in [1.165, 1.54) is 0 Å². The van der Waals surface area contributed by atoms with Gasteiger partial charge in [-0.05, 0) is 37.3 Å². The quantitative estimate of drug-likeness (QED) is 0.481. The first kappa shape index (κ1) is 19.3. The number of phenols is 1. The maximum Gasteiger partial charge on any atom is 0.339 e. The van der Waals surface area contributed by atoms with Gasteiger partial charge in [-0.25, -0.2) is 4.79 Å². The Hall–Kier alpha value is -2.78. The third-order valence-corrected chi connectivity index (χ3v) is 3.56. The molecule has 5 N–H and O–H groups in total. The summed E-state index contributed by atoms with van der Waals surface area (Å²) in [4.78, 5) is 9.89. The van der Waals surface area contributed by atoms with Crippen LogP contribution in [0.25, 0.3) is 0 Å². The van der Waals surface area contributed by atoms with Gasteiger partial charge in [-0.3, -0.25) is 4.55 Å². The number of hydrogen-bond acceptors (Lipinski definition) is 6. The van der Waals surface area contributed by atoms with E-state index in [-0.39, 0.29) is 0 Å². The van der Waals surface area contributed by atoms with E-state index in [0.717, 1.165) is 17.9 Å². The highest BCUT2D eigenvalue weighted by Gasteiger charge is 2.16. The summed E-state index contributed by atoms with van der Waals surface area (Å²) >= 11 is 0. The van der Waals surface area contributed by atoms with Crippen molar-refractivity contribution in [3.8, 4) is 11.5 Å². The summed E-state index contributed by atoms with van der Waals surface area (Å²) in [5, 5.41) is 17.5. The summed E-state index contributed by atoms with van der Waals surface area (Å²) in [6.45, 7) is 2.60. The lowest BCUT2D eigenvalue weighted by Crippen LogP contribution is -2.02. The van der Waals surface area contributed by atoms with Crippen molar-refractivity contribution >= 4 is 21.8 Å². The Balaban J connectivity index is 0.000000254. The van der Waals surface area contributed by atoms with Gasteiger partial charge in [0, 0.05) is 0 Å². The molecule has 2 aromatic rings. The van der Waals surface area contributed by atoms with E-state index in [1.807, 2.05) is 31.2 Å². The second kappa shape index (κ2) is 8.18. The Morgan fingerprint density at radius 3 is 2.33 bits per heavy atom. The number of ether oxygens (including phenoxy) is 1. The highest BCUT2D eigenvalue weighted by atomic mass is 32.2. The zero-order chi connectivity index (χ0) is 18.3. The fraction of sp³-hybridized carbons (Fsp3) is 0.133. The second-order valence-corrected chi connectivity index (χ2v) is 5.85. The first-order chi connectivity index (χ1) is 11.2. The minimum Gasteiger partial charge on any atom is -0.507 e. The normalized spacial score (nSPS) is 10.4. The van der Waals surface area contributed by atoms with Crippen molar-refractivity contribution in [3.63, 3.8) is 0 Å². The van der Waals surface area contributed by atoms with Crippen LogP contribution in [-0.4, -0.2) is 35.8 Å². The fourth-order valence-electron chi connectivity index (χ4n) is 1.61. The van der Waals surface area contributed by atoms with Crippen molar-refractivity contribution < 1.29 is 32.7 Å². The van der Waals surface area contributed by atoms with Gasteiger partial charge in [0.05, 0.1) is 17.2 Å². The number of nitrogen functional groups attached to an aromatic ring is 1. The summed E-state index contributed by atoms with van der Waals surface area (Å²) < 4.78 is 35.0. The van der Waals surface area contributed by atoms with Gasteiger partial charge in [-0.2, -0.15) is 8.42 Å². The number of aromatic carboxylic acids is 1. The van der Waals surface area contributed by atoms with E-state index in [0.29, 0.717) is 18.4 Å². The molecular formula is C15H17NO7S. The molecule has 9 heteroatoms. The Labute approximate surface area is 138 Å². The van der Waals surface area contributed by atoms with E-state index in [1.54, 1.807) is 0 Å². The SMILES string of the molecule is CCOc1ccccc1N.O=C(O)c1cc(S(=O)(=O)O)ccc1O. The van der Waals surface area contributed by atoms with Crippen molar-refractivity contribution in [1.82, 2.24) is 0 Å². The standard InChI is InChI=1S/C8H11NO.C7H6O6S/c1-2-10-8-6-4-3-5-7(8)9;8-6-2-1-4(14(11,12)13)3-5(6)7(9)10/h3-6H,2,9H2,1H3;1-3,8H,(H,9,10)(H,11,12,13). The number of aromatic hydroxyl groups is 1. The van der Waals surface area contributed by atoms with Crippen molar-refractivity contribution in [1.29, 1.82) is 0 Å². The molecule has 8 nitrogen and oxygen atoms in total. The van der Waals surface area contributed by atoms with Crippen LogP contribution >= 0.6 is 0 Å². The fourth-order valence-corrected chi connectivity index (χ4v) is 2.12. The van der Waals surface area contributed by atoms with Gasteiger partial charge >= 0.3 is 5.97 Å². The van der Waals surface area contributed by atoms with E-state index in [2.05, 4.69) is 0 Å².